The van der Waals surface area contributed by atoms with Crippen LogP contribution in [0, 0.1) is 0 Å². The molecular formula is C13H14Cl2N2O2. The number of amides is 1. The van der Waals surface area contributed by atoms with Crippen molar-refractivity contribution < 1.29 is 9.53 Å². The third kappa shape index (κ3) is 3.69. The predicted octanol–water partition coefficient (Wildman–Crippen LogP) is 2.81. The van der Waals surface area contributed by atoms with Crippen LogP contribution in [-0.4, -0.2) is 42.6 Å². The zero-order chi connectivity index (χ0) is 13.8. The molecule has 0 atom stereocenters. The summed E-state index contributed by atoms with van der Waals surface area (Å²) in [4.78, 5) is 17.9. The minimum absolute atomic E-state index is 0.0843. The molecule has 1 aliphatic rings. The van der Waals surface area contributed by atoms with Crippen molar-refractivity contribution in [3.8, 4) is 0 Å². The fraction of sp³-hybridized carbons (Fsp3) is 0.385. The fourth-order valence-corrected chi connectivity index (χ4v) is 2.44. The molecule has 1 amide bonds. The van der Waals surface area contributed by atoms with Gasteiger partial charge in [0.25, 0.3) is 5.91 Å². The number of hydrogen-bond acceptors (Lipinski definition) is 3. The topological polar surface area (TPSA) is 42.4 Å². The van der Waals surface area contributed by atoms with Gasteiger partial charge in [0.05, 0.1) is 6.61 Å². The number of halogens is 2. The van der Waals surface area contributed by atoms with Crippen molar-refractivity contribution in [3.63, 3.8) is 0 Å². The second kappa shape index (κ2) is 6.37. The maximum Gasteiger partial charge on any atom is 0.254 e. The molecule has 0 unspecified atom stereocenters. The summed E-state index contributed by atoms with van der Waals surface area (Å²) in [6.45, 7) is 1.87. The highest BCUT2D eigenvalue weighted by molar-refractivity contribution is 6.33. The first kappa shape index (κ1) is 14.3. The Morgan fingerprint density at radius 2 is 2.11 bits per heavy atom. The van der Waals surface area contributed by atoms with Crippen LogP contribution in [0.3, 0.4) is 0 Å². The first-order valence-electron chi connectivity index (χ1n) is 5.89. The van der Waals surface area contributed by atoms with Crippen molar-refractivity contribution in [2.75, 3.05) is 26.8 Å². The van der Waals surface area contributed by atoms with Crippen LogP contribution in [0.2, 0.25) is 10.3 Å². The second-order valence-electron chi connectivity index (χ2n) is 4.30. The molecular weight excluding hydrogens is 287 g/mol. The minimum atomic E-state index is -0.0843. The van der Waals surface area contributed by atoms with Gasteiger partial charge in [0.2, 0.25) is 0 Å². The Bertz CT molecular complexity index is 497. The molecule has 102 valence electrons. The van der Waals surface area contributed by atoms with E-state index < -0.39 is 0 Å². The smallest absolute Gasteiger partial charge is 0.254 e. The molecule has 4 nitrogen and oxygen atoms in total. The Morgan fingerprint density at radius 1 is 1.42 bits per heavy atom. The molecule has 6 heteroatoms. The van der Waals surface area contributed by atoms with Crippen LogP contribution >= 0.6 is 23.2 Å². The first-order chi connectivity index (χ1) is 9.10. The number of aromatic nitrogens is 1. The highest BCUT2D eigenvalue weighted by Crippen LogP contribution is 2.18. The van der Waals surface area contributed by atoms with Gasteiger partial charge < -0.3 is 9.64 Å². The summed E-state index contributed by atoms with van der Waals surface area (Å²) in [5, 5.41) is 0.451. The molecule has 2 heterocycles. The van der Waals surface area contributed by atoms with Crippen molar-refractivity contribution >= 4 is 29.1 Å². The van der Waals surface area contributed by atoms with E-state index in [1.165, 1.54) is 17.7 Å². The quantitative estimate of drug-likeness (QED) is 0.637. The summed E-state index contributed by atoms with van der Waals surface area (Å²) in [5.41, 5.74) is 1.69. The molecule has 1 aromatic heterocycles. The molecule has 0 aromatic carbocycles. The van der Waals surface area contributed by atoms with E-state index in [0.717, 1.165) is 6.42 Å². The molecule has 1 aliphatic heterocycles. The van der Waals surface area contributed by atoms with Crippen molar-refractivity contribution in [3.05, 3.63) is 39.7 Å². The Morgan fingerprint density at radius 3 is 2.63 bits per heavy atom. The lowest BCUT2D eigenvalue weighted by Crippen LogP contribution is -2.35. The molecule has 0 N–H and O–H groups in total. The molecule has 0 saturated carbocycles. The highest BCUT2D eigenvalue weighted by Gasteiger charge is 2.19. The van der Waals surface area contributed by atoms with Gasteiger partial charge in [-0.15, -0.1) is 0 Å². The summed E-state index contributed by atoms with van der Waals surface area (Å²) in [6.07, 6.45) is 2.85. The lowest BCUT2D eigenvalue weighted by molar-refractivity contribution is 0.0765. The Balaban J connectivity index is 2.09. The fourth-order valence-electron chi connectivity index (χ4n) is 1.98. The van der Waals surface area contributed by atoms with Crippen LogP contribution in [0.4, 0.5) is 0 Å². The Hall–Kier alpha value is -1.10. The number of nitrogens with zero attached hydrogens (tertiary/aromatic N) is 2. The number of methoxy groups -OCH3 is 1. The molecule has 0 radical (unpaired) electrons. The van der Waals surface area contributed by atoms with Crippen LogP contribution in [0.5, 0.6) is 0 Å². The van der Waals surface area contributed by atoms with Crippen molar-refractivity contribution in [1.82, 2.24) is 9.88 Å². The molecule has 0 bridgehead atoms. The first-order valence-corrected chi connectivity index (χ1v) is 6.65. The van der Waals surface area contributed by atoms with E-state index in [0.29, 0.717) is 25.3 Å². The average Bonchev–Trinajstić information content (AvgIpc) is 2.38. The molecule has 2 rings (SSSR count). The van der Waals surface area contributed by atoms with Gasteiger partial charge in [-0.2, -0.15) is 0 Å². The van der Waals surface area contributed by atoms with E-state index in [-0.39, 0.29) is 16.2 Å². The van der Waals surface area contributed by atoms with Gasteiger partial charge in [0.1, 0.15) is 10.3 Å². The average molecular weight is 301 g/mol. The van der Waals surface area contributed by atoms with Gasteiger partial charge in [-0.3, -0.25) is 4.79 Å². The second-order valence-corrected chi connectivity index (χ2v) is 5.07. The van der Waals surface area contributed by atoms with Crippen molar-refractivity contribution in [1.29, 1.82) is 0 Å². The maximum atomic E-state index is 12.3. The lowest BCUT2D eigenvalue weighted by Gasteiger charge is -2.26. The number of ether oxygens (including phenoxy) is 1. The van der Waals surface area contributed by atoms with E-state index in [9.17, 15) is 4.79 Å². The Labute approximate surface area is 122 Å². The van der Waals surface area contributed by atoms with Gasteiger partial charge in [-0.1, -0.05) is 29.3 Å². The van der Waals surface area contributed by atoms with Crippen molar-refractivity contribution in [2.45, 2.75) is 6.42 Å². The van der Waals surface area contributed by atoms with Gasteiger partial charge in [-0.25, -0.2) is 4.98 Å². The van der Waals surface area contributed by atoms with Crippen molar-refractivity contribution in [2.24, 2.45) is 0 Å². The zero-order valence-electron chi connectivity index (χ0n) is 10.5. The number of pyridine rings is 1. The number of hydrogen-bond donors (Lipinski definition) is 0. The largest absolute Gasteiger partial charge is 0.380 e. The molecule has 0 fully saturated rings. The lowest BCUT2D eigenvalue weighted by atomic mass is 10.1. The molecule has 19 heavy (non-hydrogen) atoms. The molecule has 1 aromatic rings. The summed E-state index contributed by atoms with van der Waals surface area (Å²) < 4.78 is 5.08. The molecule has 0 saturated heterocycles. The third-order valence-corrected chi connectivity index (χ3v) is 3.32. The summed E-state index contributed by atoms with van der Waals surface area (Å²) in [7, 11) is 1.67. The van der Waals surface area contributed by atoms with E-state index in [1.807, 2.05) is 6.08 Å². The Kier molecular flexibility index (Phi) is 4.80. The number of carbonyl (C=O) groups excluding carboxylic acids is 1. The monoisotopic (exact) mass is 300 g/mol. The molecule has 0 aliphatic carbocycles. The van der Waals surface area contributed by atoms with Crippen LogP contribution in [0.15, 0.2) is 23.8 Å². The number of carbonyl (C=O) groups is 1. The van der Waals surface area contributed by atoms with E-state index in [1.54, 1.807) is 12.0 Å². The number of rotatable bonds is 3. The molecule has 0 spiro atoms. The minimum Gasteiger partial charge on any atom is -0.380 e. The summed E-state index contributed by atoms with van der Waals surface area (Å²) in [6, 6.07) is 3.06. The van der Waals surface area contributed by atoms with Crippen LogP contribution in [-0.2, 0) is 4.74 Å². The van der Waals surface area contributed by atoms with Crippen LogP contribution in [0.25, 0.3) is 0 Å². The third-order valence-electron chi connectivity index (χ3n) is 2.93. The van der Waals surface area contributed by atoms with Gasteiger partial charge in [0.15, 0.2) is 0 Å². The van der Waals surface area contributed by atoms with Crippen LogP contribution in [0.1, 0.15) is 16.8 Å². The summed E-state index contributed by atoms with van der Waals surface area (Å²) in [5.74, 6) is -0.0843. The van der Waals surface area contributed by atoms with E-state index in [4.69, 9.17) is 27.9 Å². The van der Waals surface area contributed by atoms with Gasteiger partial charge in [-0.05, 0) is 24.1 Å². The van der Waals surface area contributed by atoms with E-state index in [2.05, 4.69) is 4.98 Å². The SMILES string of the molecule is COCC1=CCN(C(=O)c2cc(Cl)nc(Cl)c2)CC1. The van der Waals surface area contributed by atoms with Gasteiger partial charge in [0, 0.05) is 25.8 Å². The normalized spacial score (nSPS) is 15.3. The highest BCUT2D eigenvalue weighted by atomic mass is 35.5. The zero-order valence-corrected chi connectivity index (χ0v) is 12.0. The van der Waals surface area contributed by atoms with E-state index >= 15 is 0 Å². The van der Waals surface area contributed by atoms with Crippen LogP contribution < -0.4 is 0 Å². The standard InChI is InChI=1S/C13H14Cl2N2O2/c1-19-8-9-2-4-17(5-3-9)13(18)10-6-11(14)16-12(15)7-10/h2,6-7H,3-5,8H2,1H3. The predicted molar refractivity (Wildman–Crippen MR) is 74.7 cm³/mol. The van der Waals surface area contributed by atoms with Gasteiger partial charge >= 0.3 is 0 Å². The maximum absolute atomic E-state index is 12.3. The summed E-state index contributed by atoms with van der Waals surface area (Å²) >= 11 is 11.6.